The van der Waals surface area contributed by atoms with Crippen LogP contribution in [0.1, 0.15) is 23.7 Å². The summed E-state index contributed by atoms with van der Waals surface area (Å²) in [7, 11) is 1.39. The topological polar surface area (TPSA) is 47.9 Å². The Morgan fingerprint density at radius 2 is 1.73 bits per heavy atom. The molecular weight excluding hydrogens is 326 g/mol. The molecule has 1 heterocycles. The van der Waals surface area contributed by atoms with Crippen LogP contribution < -0.4 is 0 Å². The molecule has 0 amide bonds. The van der Waals surface area contributed by atoms with Gasteiger partial charge in [0.2, 0.25) is 5.90 Å². The number of fused-ring (bicyclic) bond motifs is 1. The van der Waals surface area contributed by atoms with Crippen LogP contribution in [-0.4, -0.2) is 25.0 Å². The highest BCUT2D eigenvalue weighted by atomic mass is 16.5. The fraction of sp³-hybridized carbons (Fsp3) is 0.182. The van der Waals surface area contributed by atoms with Crippen molar-refractivity contribution in [3.05, 3.63) is 83.9 Å². The number of carbonyl (C=O) groups excluding carboxylic acids is 1. The second kappa shape index (κ2) is 7.00. The molecule has 0 bridgehead atoms. The van der Waals surface area contributed by atoms with E-state index in [1.807, 2.05) is 42.5 Å². The van der Waals surface area contributed by atoms with Crippen LogP contribution >= 0.6 is 0 Å². The molecule has 0 unspecified atom stereocenters. The third-order valence-electron chi connectivity index (χ3n) is 4.60. The molecule has 0 aromatic heterocycles. The molecule has 0 radical (unpaired) electrons. The quantitative estimate of drug-likeness (QED) is 0.665. The van der Waals surface area contributed by atoms with E-state index in [1.54, 1.807) is 0 Å². The zero-order chi connectivity index (χ0) is 17.9. The summed E-state index contributed by atoms with van der Waals surface area (Å²) in [4.78, 5) is 16.6. The van der Waals surface area contributed by atoms with Gasteiger partial charge in [-0.15, -0.1) is 0 Å². The molecule has 4 rings (SSSR count). The SMILES string of the molecule is COC(=O)[C@@H]1C[C@H](c2ccc3ccccc3c2)OC(c2ccccc2)=N1. The van der Waals surface area contributed by atoms with Crippen LogP contribution in [0, 0.1) is 0 Å². The van der Waals surface area contributed by atoms with Gasteiger partial charge in [0.1, 0.15) is 6.10 Å². The Morgan fingerprint density at radius 3 is 2.50 bits per heavy atom. The summed E-state index contributed by atoms with van der Waals surface area (Å²) in [5, 5.41) is 2.32. The first-order valence-corrected chi connectivity index (χ1v) is 8.61. The monoisotopic (exact) mass is 345 g/mol. The minimum absolute atomic E-state index is 0.253. The predicted molar refractivity (Wildman–Crippen MR) is 101 cm³/mol. The van der Waals surface area contributed by atoms with E-state index in [0.717, 1.165) is 16.5 Å². The molecule has 0 spiro atoms. The second-order valence-electron chi connectivity index (χ2n) is 6.29. The van der Waals surface area contributed by atoms with Gasteiger partial charge in [-0.05, 0) is 34.5 Å². The van der Waals surface area contributed by atoms with E-state index in [-0.39, 0.29) is 12.1 Å². The van der Waals surface area contributed by atoms with Crippen LogP contribution in [0.15, 0.2) is 77.8 Å². The van der Waals surface area contributed by atoms with E-state index in [9.17, 15) is 4.79 Å². The van der Waals surface area contributed by atoms with Gasteiger partial charge in [0.25, 0.3) is 0 Å². The standard InChI is InChI=1S/C22H19NO3/c1-25-22(24)19-14-20(26-21(23-19)16-8-3-2-4-9-16)18-12-11-15-7-5-6-10-17(15)13-18/h2-13,19-20H,14H2,1H3/t19-,20+/m0/s1. The number of ether oxygens (including phenoxy) is 2. The van der Waals surface area contributed by atoms with Crippen LogP contribution in [0.5, 0.6) is 0 Å². The fourth-order valence-electron chi connectivity index (χ4n) is 3.23. The maximum atomic E-state index is 12.1. The van der Waals surface area contributed by atoms with Crippen LogP contribution in [0.3, 0.4) is 0 Å². The lowest BCUT2D eigenvalue weighted by atomic mass is 9.97. The Morgan fingerprint density at radius 1 is 1.00 bits per heavy atom. The molecule has 1 aliphatic rings. The number of nitrogens with zero attached hydrogens (tertiary/aromatic N) is 1. The first-order chi connectivity index (χ1) is 12.7. The third-order valence-corrected chi connectivity index (χ3v) is 4.60. The zero-order valence-corrected chi connectivity index (χ0v) is 14.5. The molecule has 0 saturated heterocycles. The number of methoxy groups -OCH3 is 1. The molecule has 0 fully saturated rings. The summed E-state index contributed by atoms with van der Waals surface area (Å²) < 4.78 is 11.1. The van der Waals surface area contributed by atoms with Gasteiger partial charge in [-0.25, -0.2) is 9.79 Å². The number of benzene rings is 3. The van der Waals surface area contributed by atoms with Crippen molar-refractivity contribution in [3.8, 4) is 0 Å². The first kappa shape index (κ1) is 16.3. The van der Waals surface area contributed by atoms with Gasteiger partial charge in [0.15, 0.2) is 6.04 Å². The predicted octanol–water partition coefficient (Wildman–Crippen LogP) is 4.29. The molecule has 4 nitrogen and oxygen atoms in total. The summed E-state index contributed by atoms with van der Waals surface area (Å²) in [6.07, 6.45) is 0.206. The van der Waals surface area contributed by atoms with E-state index in [2.05, 4.69) is 35.3 Å². The highest BCUT2D eigenvalue weighted by Crippen LogP contribution is 2.32. The van der Waals surface area contributed by atoms with Gasteiger partial charge in [0, 0.05) is 12.0 Å². The second-order valence-corrected chi connectivity index (χ2v) is 6.29. The molecule has 0 aliphatic carbocycles. The molecule has 3 aromatic rings. The van der Waals surface area contributed by atoms with Gasteiger partial charge in [-0.1, -0.05) is 54.6 Å². The maximum absolute atomic E-state index is 12.1. The first-order valence-electron chi connectivity index (χ1n) is 8.61. The highest BCUT2D eigenvalue weighted by molar-refractivity contribution is 5.96. The highest BCUT2D eigenvalue weighted by Gasteiger charge is 2.32. The minimum Gasteiger partial charge on any atom is -0.469 e. The lowest BCUT2D eigenvalue weighted by Gasteiger charge is -2.28. The molecule has 130 valence electrons. The van der Waals surface area contributed by atoms with Gasteiger partial charge < -0.3 is 9.47 Å². The smallest absolute Gasteiger partial charge is 0.330 e. The number of carbonyl (C=O) groups is 1. The summed E-state index contributed by atoms with van der Waals surface area (Å²) in [6.45, 7) is 0. The Hall–Kier alpha value is -3.14. The van der Waals surface area contributed by atoms with Crippen molar-refractivity contribution in [1.29, 1.82) is 0 Å². The van der Waals surface area contributed by atoms with Crippen molar-refractivity contribution in [2.75, 3.05) is 7.11 Å². The Kier molecular flexibility index (Phi) is 4.40. The van der Waals surface area contributed by atoms with Crippen molar-refractivity contribution in [3.63, 3.8) is 0 Å². The van der Waals surface area contributed by atoms with E-state index >= 15 is 0 Å². The van der Waals surface area contributed by atoms with E-state index < -0.39 is 6.04 Å². The average molecular weight is 345 g/mol. The normalized spacial score (nSPS) is 19.5. The van der Waals surface area contributed by atoms with E-state index in [1.165, 1.54) is 12.5 Å². The third kappa shape index (κ3) is 3.18. The number of esters is 1. The van der Waals surface area contributed by atoms with Crippen molar-refractivity contribution < 1.29 is 14.3 Å². The van der Waals surface area contributed by atoms with Crippen molar-refractivity contribution >= 4 is 22.6 Å². The largest absolute Gasteiger partial charge is 0.469 e. The number of hydrogen-bond donors (Lipinski definition) is 0. The molecule has 4 heteroatoms. The van der Waals surface area contributed by atoms with Gasteiger partial charge in [-0.2, -0.15) is 0 Å². The maximum Gasteiger partial charge on any atom is 0.330 e. The van der Waals surface area contributed by atoms with Crippen LogP contribution in [-0.2, 0) is 14.3 Å². The van der Waals surface area contributed by atoms with E-state index in [0.29, 0.717) is 12.3 Å². The average Bonchev–Trinajstić information content (AvgIpc) is 2.73. The van der Waals surface area contributed by atoms with Crippen LogP contribution in [0.4, 0.5) is 0 Å². The molecule has 0 saturated carbocycles. The Labute approximate surface area is 152 Å². The van der Waals surface area contributed by atoms with Crippen LogP contribution in [0.2, 0.25) is 0 Å². The minimum atomic E-state index is -0.569. The molecule has 1 aliphatic heterocycles. The lowest BCUT2D eigenvalue weighted by molar-refractivity contribution is -0.143. The van der Waals surface area contributed by atoms with E-state index in [4.69, 9.17) is 9.47 Å². The van der Waals surface area contributed by atoms with Crippen molar-refractivity contribution in [2.45, 2.75) is 18.6 Å². The number of rotatable bonds is 3. The van der Waals surface area contributed by atoms with Gasteiger partial charge in [-0.3, -0.25) is 0 Å². The van der Waals surface area contributed by atoms with Gasteiger partial charge >= 0.3 is 5.97 Å². The van der Waals surface area contributed by atoms with Gasteiger partial charge in [0.05, 0.1) is 7.11 Å². The van der Waals surface area contributed by atoms with Crippen molar-refractivity contribution in [1.82, 2.24) is 0 Å². The Balaban J connectivity index is 1.71. The number of hydrogen-bond acceptors (Lipinski definition) is 4. The molecule has 3 aromatic carbocycles. The van der Waals surface area contributed by atoms with Crippen molar-refractivity contribution in [2.24, 2.45) is 4.99 Å². The molecule has 0 N–H and O–H groups in total. The van der Waals surface area contributed by atoms with Crippen LogP contribution in [0.25, 0.3) is 10.8 Å². The summed E-state index contributed by atoms with van der Waals surface area (Å²) in [5.74, 6) is 0.137. The summed E-state index contributed by atoms with van der Waals surface area (Å²) >= 11 is 0. The lowest BCUT2D eigenvalue weighted by Crippen LogP contribution is -2.31. The fourth-order valence-corrected chi connectivity index (χ4v) is 3.23. The Bertz CT molecular complexity index is 965. The molecule has 26 heavy (non-hydrogen) atoms. The zero-order valence-electron chi connectivity index (χ0n) is 14.5. The molecular formula is C22H19NO3. The summed E-state index contributed by atoms with van der Waals surface area (Å²) in [6, 6.07) is 23.5. The number of aliphatic imine (C=N–C) groups is 1. The summed E-state index contributed by atoms with van der Waals surface area (Å²) in [5.41, 5.74) is 1.88. The molecule has 2 atom stereocenters.